The van der Waals surface area contributed by atoms with Crippen LogP contribution in [0, 0.1) is 0 Å². The summed E-state index contributed by atoms with van der Waals surface area (Å²) in [6.45, 7) is -0.560. The number of nitrogens with zero attached hydrogens (tertiary/aromatic N) is 1. The Morgan fingerprint density at radius 2 is 0.930 bits per heavy atom. The summed E-state index contributed by atoms with van der Waals surface area (Å²) >= 11 is 0. The number of nitrogens with one attached hydrogen (secondary N) is 3. The predicted molar refractivity (Wildman–Crippen MR) is 247 cm³/mol. The minimum atomic E-state index is -1.53. The second kappa shape index (κ2) is 26.7. The smallest absolute Gasteiger partial charge is 0.310 e. The van der Waals surface area contributed by atoms with Crippen LogP contribution in [0.4, 0.5) is 0 Å². The topological polar surface area (TPSA) is 298 Å². The number of rotatable bonds is 28. The van der Waals surface area contributed by atoms with Gasteiger partial charge in [0.2, 0.25) is 6.41 Å². The van der Waals surface area contributed by atoms with Gasteiger partial charge in [-0.15, -0.1) is 0 Å². The number of hydrogen-bond donors (Lipinski definition) is 4. The lowest BCUT2D eigenvalue weighted by atomic mass is 9.77. The lowest BCUT2D eigenvalue weighted by Crippen LogP contribution is -2.50. The number of carbonyl (C=O) groups excluding carboxylic acids is 9. The number of esters is 8. The van der Waals surface area contributed by atoms with Crippen molar-refractivity contribution in [1.82, 2.24) is 19.9 Å². The third-order valence-electron chi connectivity index (χ3n) is 12.9. The van der Waals surface area contributed by atoms with E-state index in [1.807, 2.05) is 0 Å². The summed E-state index contributed by atoms with van der Waals surface area (Å²) in [4.78, 5) is 128. The van der Waals surface area contributed by atoms with Gasteiger partial charge >= 0.3 is 47.8 Å². The van der Waals surface area contributed by atoms with Crippen molar-refractivity contribution in [3.8, 4) is 0 Å². The highest BCUT2D eigenvalue weighted by atomic mass is 16.5. The Kier molecular flexibility index (Phi) is 21.2. The van der Waals surface area contributed by atoms with Gasteiger partial charge in [-0.05, 0) is 70.2 Å². The van der Waals surface area contributed by atoms with Crippen LogP contribution in [0.5, 0.6) is 0 Å². The standard InChI is InChI=1S/C49H64N4O18/c1-64-41(56)13-9-28-25-53(27-55)49(35(28)20-48(63)71-8,22-38-30(10-14-42(57)65-2)29(24-50-38)17-45(60)68-5)23-39-34(19-47(62)70-7)31(11-15-43(58)66-3)36(51-39)21-37-33(18-46(61)69-6)32(40(26-54)52-37)12-16-44(59)67-4/h24,27,50-52,54H,9-23,25-26H2,1-8H3. The summed E-state index contributed by atoms with van der Waals surface area (Å²) in [7, 11) is 9.82. The van der Waals surface area contributed by atoms with Gasteiger partial charge in [-0.1, -0.05) is 0 Å². The number of carbonyl (C=O) groups is 9. The van der Waals surface area contributed by atoms with E-state index in [9.17, 15) is 48.3 Å². The zero-order chi connectivity index (χ0) is 52.4. The molecular formula is C49H64N4O18. The molecule has 1 unspecified atom stereocenters. The summed E-state index contributed by atoms with van der Waals surface area (Å²) < 4.78 is 40.2. The number of aliphatic hydroxyl groups is 1. The highest BCUT2D eigenvalue weighted by Gasteiger charge is 2.49. The second-order valence-corrected chi connectivity index (χ2v) is 16.7. The Labute approximate surface area is 410 Å². The van der Waals surface area contributed by atoms with E-state index in [0.717, 1.165) is 0 Å². The molecule has 0 fully saturated rings. The fourth-order valence-electron chi connectivity index (χ4n) is 9.25. The van der Waals surface area contributed by atoms with Crippen molar-refractivity contribution in [3.05, 3.63) is 79.2 Å². The summed E-state index contributed by atoms with van der Waals surface area (Å²) in [6.07, 6.45) is 0.532. The Bertz CT molecular complexity index is 2480. The molecule has 0 aromatic carbocycles. The largest absolute Gasteiger partial charge is 0.469 e. The van der Waals surface area contributed by atoms with E-state index in [1.54, 1.807) is 6.20 Å². The van der Waals surface area contributed by atoms with Crippen molar-refractivity contribution < 1.29 is 86.2 Å². The molecule has 3 aromatic rings. The SMILES string of the molecule is COC(=O)CCC1=C(CC(=O)OC)C(Cc2[nH]cc(CC(=O)OC)c2CCC(=O)OC)(Cc2[nH]c(Cc3[nH]c(CO)c(CCC(=O)OC)c3CC(=O)OC)c(CCC(=O)OC)c2CC(=O)OC)N(C=O)C1. The lowest BCUT2D eigenvalue weighted by molar-refractivity contribution is -0.141. The third kappa shape index (κ3) is 14.2. The fourth-order valence-corrected chi connectivity index (χ4v) is 9.25. The van der Waals surface area contributed by atoms with Gasteiger partial charge < -0.3 is 62.9 Å². The molecule has 1 aliphatic heterocycles. The van der Waals surface area contributed by atoms with E-state index < -0.39 is 59.9 Å². The first-order valence-corrected chi connectivity index (χ1v) is 22.7. The van der Waals surface area contributed by atoms with Gasteiger partial charge in [0.1, 0.15) is 0 Å². The van der Waals surface area contributed by atoms with Gasteiger partial charge in [0, 0.05) is 86.2 Å². The van der Waals surface area contributed by atoms with Crippen LogP contribution in [0.15, 0.2) is 17.3 Å². The normalized spacial score (nSPS) is 14.2. The molecule has 4 rings (SSSR count). The zero-order valence-corrected chi connectivity index (χ0v) is 41.5. The molecule has 1 amide bonds. The van der Waals surface area contributed by atoms with Crippen LogP contribution in [0.1, 0.15) is 100 Å². The van der Waals surface area contributed by atoms with Gasteiger partial charge in [-0.2, -0.15) is 0 Å². The number of hydrogen-bond acceptors (Lipinski definition) is 18. The minimum absolute atomic E-state index is 0.00472. The summed E-state index contributed by atoms with van der Waals surface area (Å²) in [5.74, 6) is -4.72. The van der Waals surface area contributed by atoms with Crippen molar-refractivity contribution in [2.45, 2.75) is 108 Å². The molecule has 4 heterocycles. The number of amides is 1. The Balaban J connectivity index is 2.13. The molecule has 1 atom stereocenters. The molecule has 0 saturated carbocycles. The van der Waals surface area contributed by atoms with Crippen LogP contribution in [0.25, 0.3) is 0 Å². The average molecular weight is 997 g/mol. The van der Waals surface area contributed by atoms with Crippen molar-refractivity contribution in [2.75, 3.05) is 63.4 Å². The van der Waals surface area contributed by atoms with E-state index in [0.29, 0.717) is 79.4 Å². The maximum Gasteiger partial charge on any atom is 0.310 e. The van der Waals surface area contributed by atoms with Crippen molar-refractivity contribution in [1.29, 1.82) is 0 Å². The third-order valence-corrected chi connectivity index (χ3v) is 12.9. The second-order valence-electron chi connectivity index (χ2n) is 16.7. The van der Waals surface area contributed by atoms with E-state index in [2.05, 4.69) is 15.0 Å². The number of H-pyrrole nitrogens is 3. The highest BCUT2D eigenvalue weighted by molar-refractivity contribution is 5.78. The quantitative estimate of drug-likeness (QED) is 0.0350. The Morgan fingerprint density at radius 1 is 0.521 bits per heavy atom. The summed E-state index contributed by atoms with van der Waals surface area (Å²) in [5, 5.41) is 10.5. The number of methoxy groups -OCH3 is 8. The highest BCUT2D eigenvalue weighted by Crippen LogP contribution is 2.45. The molecule has 3 aromatic heterocycles. The minimum Gasteiger partial charge on any atom is -0.469 e. The summed E-state index contributed by atoms with van der Waals surface area (Å²) in [6, 6.07) is 0. The molecule has 0 saturated heterocycles. The molecule has 0 aliphatic carbocycles. The van der Waals surface area contributed by atoms with Crippen LogP contribution < -0.4 is 0 Å². The molecule has 0 spiro atoms. The molecular weight excluding hydrogens is 933 g/mol. The van der Waals surface area contributed by atoms with Crippen LogP contribution >= 0.6 is 0 Å². The van der Waals surface area contributed by atoms with Crippen LogP contribution in [-0.2, 0) is 145 Å². The number of aromatic amines is 3. The number of aliphatic hydroxyl groups excluding tert-OH is 1. The average Bonchev–Trinajstić information content (AvgIpc) is 4.09. The van der Waals surface area contributed by atoms with Crippen molar-refractivity contribution in [2.24, 2.45) is 0 Å². The maximum atomic E-state index is 13.7. The van der Waals surface area contributed by atoms with Gasteiger partial charge in [0.15, 0.2) is 0 Å². The van der Waals surface area contributed by atoms with Crippen LogP contribution in [-0.4, -0.2) is 148 Å². The fraction of sp³-hybridized carbons (Fsp3) is 0.531. The molecule has 388 valence electrons. The molecule has 71 heavy (non-hydrogen) atoms. The monoisotopic (exact) mass is 996 g/mol. The molecule has 22 nitrogen and oxygen atoms in total. The predicted octanol–water partition coefficient (Wildman–Crippen LogP) is 2.03. The van der Waals surface area contributed by atoms with Gasteiger partial charge in [0.05, 0.1) is 94.7 Å². The number of aromatic nitrogens is 3. The lowest BCUT2D eigenvalue weighted by Gasteiger charge is -2.39. The van der Waals surface area contributed by atoms with E-state index in [-0.39, 0.29) is 103 Å². The molecule has 4 N–H and O–H groups in total. The van der Waals surface area contributed by atoms with E-state index >= 15 is 0 Å². The van der Waals surface area contributed by atoms with E-state index in [1.165, 1.54) is 61.8 Å². The van der Waals surface area contributed by atoms with Gasteiger partial charge in [-0.25, -0.2) is 0 Å². The van der Waals surface area contributed by atoms with Gasteiger partial charge in [-0.3, -0.25) is 43.2 Å². The maximum absolute atomic E-state index is 13.7. The first-order chi connectivity index (χ1) is 34.0. The molecule has 1 aliphatic rings. The van der Waals surface area contributed by atoms with Crippen LogP contribution in [0.2, 0.25) is 0 Å². The Morgan fingerprint density at radius 3 is 1.42 bits per heavy atom. The Hall–Kier alpha value is -7.23. The van der Waals surface area contributed by atoms with Crippen molar-refractivity contribution >= 4 is 54.2 Å². The number of ether oxygens (including phenoxy) is 8. The summed E-state index contributed by atoms with van der Waals surface area (Å²) in [5.41, 5.74) is 4.25. The molecule has 0 radical (unpaired) electrons. The first kappa shape index (κ1) is 56.4. The molecule has 0 bridgehead atoms. The van der Waals surface area contributed by atoms with Crippen LogP contribution in [0.3, 0.4) is 0 Å². The van der Waals surface area contributed by atoms with Crippen molar-refractivity contribution in [3.63, 3.8) is 0 Å². The zero-order valence-electron chi connectivity index (χ0n) is 41.5. The molecule has 22 heteroatoms. The van der Waals surface area contributed by atoms with E-state index in [4.69, 9.17) is 37.9 Å². The van der Waals surface area contributed by atoms with Gasteiger partial charge in [0.25, 0.3) is 0 Å². The first-order valence-electron chi connectivity index (χ1n) is 22.7.